The second-order valence-electron chi connectivity index (χ2n) is 4.76. The van der Waals surface area contributed by atoms with E-state index in [1.54, 1.807) is 18.5 Å². The van der Waals surface area contributed by atoms with Crippen LogP contribution in [0.3, 0.4) is 0 Å². The SMILES string of the molecule is CCN(CC)CCNc1ccc([N+](=O)[O-])c2cnccc12. The fraction of sp³-hybridized carbons (Fsp3) is 0.400. The smallest absolute Gasteiger partial charge is 0.278 e. The van der Waals surface area contributed by atoms with E-state index in [1.807, 2.05) is 6.07 Å². The zero-order chi connectivity index (χ0) is 15.2. The van der Waals surface area contributed by atoms with Gasteiger partial charge in [-0.25, -0.2) is 0 Å². The maximum absolute atomic E-state index is 11.1. The summed E-state index contributed by atoms with van der Waals surface area (Å²) in [4.78, 5) is 17.0. The number of nitrogens with zero attached hydrogens (tertiary/aromatic N) is 3. The molecule has 6 nitrogen and oxygen atoms in total. The summed E-state index contributed by atoms with van der Waals surface area (Å²) in [6.07, 6.45) is 3.20. The van der Waals surface area contributed by atoms with Crippen LogP contribution in [0, 0.1) is 10.1 Å². The molecule has 0 aliphatic heterocycles. The van der Waals surface area contributed by atoms with Crippen LogP contribution >= 0.6 is 0 Å². The molecule has 0 saturated carbocycles. The van der Waals surface area contributed by atoms with Crippen molar-refractivity contribution in [2.75, 3.05) is 31.5 Å². The Morgan fingerprint density at radius 2 is 2.00 bits per heavy atom. The molecule has 0 spiro atoms. The number of pyridine rings is 1. The van der Waals surface area contributed by atoms with Gasteiger partial charge in [-0.15, -0.1) is 0 Å². The third kappa shape index (κ3) is 3.46. The number of hydrogen-bond acceptors (Lipinski definition) is 5. The first-order chi connectivity index (χ1) is 10.2. The Hall–Kier alpha value is -2.21. The van der Waals surface area contributed by atoms with Gasteiger partial charge in [0.2, 0.25) is 0 Å². The number of nitrogens with one attached hydrogen (secondary N) is 1. The van der Waals surface area contributed by atoms with Crippen LogP contribution in [0.15, 0.2) is 30.6 Å². The molecule has 1 aromatic carbocycles. The average Bonchev–Trinajstić information content (AvgIpc) is 2.51. The fourth-order valence-corrected chi connectivity index (χ4v) is 2.38. The van der Waals surface area contributed by atoms with E-state index in [0.717, 1.165) is 37.3 Å². The molecule has 0 saturated heterocycles. The Morgan fingerprint density at radius 3 is 2.67 bits per heavy atom. The highest BCUT2D eigenvalue weighted by Crippen LogP contribution is 2.30. The minimum absolute atomic E-state index is 0.0902. The van der Waals surface area contributed by atoms with Crippen LogP contribution in [0.4, 0.5) is 11.4 Å². The number of fused-ring (bicyclic) bond motifs is 1. The zero-order valence-corrected chi connectivity index (χ0v) is 12.4. The van der Waals surface area contributed by atoms with Crippen molar-refractivity contribution in [3.63, 3.8) is 0 Å². The quantitative estimate of drug-likeness (QED) is 0.626. The maximum Gasteiger partial charge on any atom is 0.278 e. The first-order valence-corrected chi connectivity index (χ1v) is 7.14. The zero-order valence-electron chi connectivity index (χ0n) is 12.4. The van der Waals surface area contributed by atoms with Crippen LogP contribution in [0.5, 0.6) is 0 Å². The minimum Gasteiger partial charge on any atom is -0.383 e. The van der Waals surface area contributed by atoms with Gasteiger partial charge in [-0.2, -0.15) is 0 Å². The number of aromatic nitrogens is 1. The first-order valence-electron chi connectivity index (χ1n) is 7.14. The van der Waals surface area contributed by atoms with Gasteiger partial charge in [0.05, 0.1) is 10.3 Å². The van der Waals surface area contributed by atoms with E-state index in [-0.39, 0.29) is 10.6 Å². The molecule has 0 unspecified atom stereocenters. The second kappa shape index (κ2) is 6.99. The minimum atomic E-state index is -0.371. The van der Waals surface area contributed by atoms with Gasteiger partial charge in [-0.1, -0.05) is 13.8 Å². The highest BCUT2D eigenvalue weighted by Gasteiger charge is 2.14. The number of rotatable bonds is 7. The molecule has 0 aliphatic rings. The molecule has 21 heavy (non-hydrogen) atoms. The van der Waals surface area contributed by atoms with Crippen molar-refractivity contribution in [3.8, 4) is 0 Å². The Morgan fingerprint density at radius 1 is 1.24 bits per heavy atom. The van der Waals surface area contributed by atoms with E-state index in [9.17, 15) is 10.1 Å². The standard InChI is InChI=1S/C15H20N4O2/c1-3-18(4-2)10-9-17-14-5-6-15(19(20)21)13-11-16-8-7-12(13)14/h5-8,11,17H,3-4,9-10H2,1-2H3. The molecule has 0 radical (unpaired) electrons. The van der Waals surface area contributed by atoms with Crippen molar-refractivity contribution >= 4 is 22.1 Å². The number of hydrogen-bond donors (Lipinski definition) is 1. The normalized spacial score (nSPS) is 11.0. The monoisotopic (exact) mass is 288 g/mol. The molecular formula is C15H20N4O2. The number of non-ortho nitro benzene ring substituents is 1. The Bertz CT molecular complexity index is 626. The third-order valence-corrected chi connectivity index (χ3v) is 3.63. The highest BCUT2D eigenvalue weighted by atomic mass is 16.6. The maximum atomic E-state index is 11.1. The summed E-state index contributed by atoms with van der Waals surface area (Å²) in [5.74, 6) is 0. The molecule has 2 aromatic rings. The van der Waals surface area contributed by atoms with Crippen LogP contribution < -0.4 is 5.32 Å². The van der Waals surface area contributed by atoms with E-state index in [0.29, 0.717) is 5.39 Å². The summed E-state index contributed by atoms with van der Waals surface area (Å²) in [6, 6.07) is 5.11. The van der Waals surface area contributed by atoms with E-state index in [1.165, 1.54) is 6.07 Å². The molecule has 0 amide bonds. The van der Waals surface area contributed by atoms with Crippen LogP contribution in [0.2, 0.25) is 0 Å². The molecule has 0 fully saturated rings. The average molecular weight is 288 g/mol. The molecule has 0 aliphatic carbocycles. The van der Waals surface area contributed by atoms with Crippen molar-refractivity contribution in [2.24, 2.45) is 0 Å². The Kier molecular flexibility index (Phi) is 5.05. The summed E-state index contributed by atoms with van der Waals surface area (Å²) >= 11 is 0. The van der Waals surface area contributed by atoms with Gasteiger partial charge in [0.1, 0.15) is 0 Å². The highest BCUT2D eigenvalue weighted by molar-refractivity contribution is 5.99. The summed E-state index contributed by atoms with van der Waals surface area (Å²) in [7, 11) is 0. The summed E-state index contributed by atoms with van der Waals surface area (Å²) in [5.41, 5.74) is 0.998. The van der Waals surface area contributed by atoms with E-state index >= 15 is 0 Å². The topological polar surface area (TPSA) is 71.3 Å². The Balaban J connectivity index is 2.21. The molecule has 2 rings (SSSR count). The van der Waals surface area contributed by atoms with Gasteiger partial charge in [0, 0.05) is 42.6 Å². The summed E-state index contributed by atoms with van der Waals surface area (Å²) in [5, 5.41) is 15.8. The summed E-state index contributed by atoms with van der Waals surface area (Å²) in [6.45, 7) is 8.05. The number of anilines is 1. The Labute approximate surface area is 123 Å². The predicted molar refractivity (Wildman–Crippen MR) is 84.7 cm³/mol. The van der Waals surface area contributed by atoms with Crippen LogP contribution in [0.25, 0.3) is 10.8 Å². The number of nitro benzene ring substituents is 1. The molecule has 0 atom stereocenters. The second-order valence-corrected chi connectivity index (χ2v) is 4.76. The van der Waals surface area contributed by atoms with Gasteiger partial charge in [-0.05, 0) is 25.2 Å². The number of nitro groups is 1. The summed E-state index contributed by atoms with van der Waals surface area (Å²) < 4.78 is 0. The van der Waals surface area contributed by atoms with Gasteiger partial charge in [0.15, 0.2) is 0 Å². The van der Waals surface area contributed by atoms with Gasteiger partial charge >= 0.3 is 0 Å². The molecule has 0 bridgehead atoms. The molecule has 1 heterocycles. The van der Waals surface area contributed by atoms with Crippen molar-refractivity contribution < 1.29 is 4.92 Å². The molecule has 1 aromatic heterocycles. The van der Waals surface area contributed by atoms with Gasteiger partial charge in [-0.3, -0.25) is 15.1 Å². The molecule has 6 heteroatoms. The van der Waals surface area contributed by atoms with E-state index in [4.69, 9.17) is 0 Å². The predicted octanol–water partition coefficient (Wildman–Crippen LogP) is 2.90. The third-order valence-electron chi connectivity index (χ3n) is 3.63. The lowest BCUT2D eigenvalue weighted by Crippen LogP contribution is -2.28. The van der Waals surface area contributed by atoms with Crippen molar-refractivity contribution in [2.45, 2.75) is 13.8 Å². The van der Waals surface area contributed by atoms with Crippen LogP contribution in [0.1, 0.15) is 13.8 Å². The van der Waals surface area contributed by atoms with Gasteiger partial charge < -0.3 is 10.2 Å². The van der Waals surface area contributed by atoms with Crippen molar-refractivity contribution in [1.29, 1.82) is 0 Å². The first kappa shape index (κ1) is 15.2. The molecular weight excluding hydrogens is 268 g/mol. The lowest BCUT2D eigenvalue weighted by Gasteiger charge is -2.18. The lowest BCUT2D eigenvalue weighted by molar-refractivity contribution is -0.383. The van der Waals surface area contributed by atoms with Gasteiger partial charge in [0.25, 0.3) is 5.69 Å². The van der Waals surface area contributed by atoms with Crippen molar-refractivity contribution in [3.05, 3.63) is 40.7 Å². The van der Waals surface area contributed by atoms with E-state index in [2.05, 4.69) is 29.0 Å². The van der Waals surface area contributed by atoms with E-state index < -0.39 is 0 Å². The van der Waals surface area contributed by atoms with Crippen LogP contribution in [-0.2, 0) is 0 Å². The lowest BCUT2D eigenvalue weighted by atomic mass is 10.1. The molecule has 1 N–H and O–H groups in total. The largest absolute Gasteiger partial charge is 0.383 e. The number of likely N-dealkylation sites (N-methyl/N-ethyl adjacent to an activating group) is 1. The number of benzene rings is 1. The van der Waals surface area contributed by atoms with Crippen LogP contribution in [-0.4, -0.2) is 41.0 Å². The van der Waals surface area contributed by atoms with Crippen molar-refractivity contribution in [1.82, 2.24) is 9.88 Å². The fourth-order valence-electron chi connectivity index (χ4n) is 2.38. The molecule has 112 valence electrons.